The fourth-order valence-corrected chi connectivity index (χ4v) is 14.9. The van der Waals surface area contributed by atoms with Crippen LogP contribution in [0.2, 0.25) is 0 Å². The van der Waals surface area contributed by atoms with Crippen molar-refractivity contribution in [3.8, 4) is 90.3 Å². The van der Waals surface area contributed by atoms with Crippen molar-refractivity contribution < 1.29 is 0 Å². The maximum atomic E-state index is 5.32. The molecule has 100 heavy (non-hydrogen) atoms. The van der Waals surface area contributed by atoms with Crippen LogP contribution < -0.4 is 0 Å². The molecule has 0 saturated carbocycles. The molecule has 0 aliphatic rings. The number of hydrogen-bond donors (Lipinski definition) is 0. The zero-order valence-corrected chi connectivity index (χ0v) is 54.2. The Labute approximate surface area is 576 Å². The molecule has 0 atom stereocenters. The van der Waals surface area contributed by atoms with Crippen molar-refractivity contribution in [1.82, 2.24) is 29.9 Å². The van der Waals surface area contributed by atoms with E-state index in [0.717, 1.165) is 89.4 Å². The molecule has 0 radical (unpaired) electrons. The smallest absolute Gasteiger partial charge is 0.160 e. The first-order valence-corrected chi connectivity index (χ1v) is 33.9. The fraction of sp³-hybridized carbons (Fsp3) is 0. The van der Waals surface area contributed by atoms with E-state index in [1.165, 1.54) is 97.0 Å². The lowest BCUT2D eigenvalue weighted by molar-refractivity contribution is 1.19. The highest BCUT2D eigenvalue weighted by Gasteiger charge is 2.21. The molecule has 20 rings (SSSR count). The lowest BCUT2D eigenvalue weighted by Gasteiger charge is -2.15. The third-order valence-corrected chi connectivity index (χ3v) is 19.8. The fourth-order valence-electron chi connectivity index (χ4n) is 14.9. The van der Waals surface area contributed by atoms with Crippen molar-refractivity contribution in [1.29, 1.82) is 0 Å². The zero-order chi connectivity index (χ0) is 66.0. The molecule has 16 aromatic carbocycles. The minimum atomic E-state index is 0.685. The number of pyridine rings is 2. The second-order valence-electron chi connectivity index (χ2n) is 25.6. The number of nitrogens with zero attached hydrogens (tertiary/aromatic N) is 6. The van der Waals surface area contributed by atoms with Gasteiger partial charge < -0.3 is 0 Å². The first-order valence-electron chi connectivity index (χ1n) is 33.9. The molecule has 6 heteroatoms. The topological polar surface area (TPSA) is 77.3 Å². The Morgan fingerprint density at radius 2 is 0.460 bits per heavy atom. The van der Waals surface area contributed by atoms with E-state index in [1.807, 2.05) is 18.5 Å². The molecule has 0 aliphatic carbocycles. The van der Waals surface area contributed by atoms with Gasteiger partial charge in [-0.2, -0.15) is 0 Å². The van der Waals surface area contributed by atoms with E-state index in [0.29, 0.717) is 11.6 Å². The molecule has 0 spiro atoms. The Morgan fingerprint density at radius 3 is 0.840 bits per heavy atom. The quantitative estimate of drug-likeness (QED) is 0.141. The minimum Gasteiger partial charge on any atom is -0.256 e. The van der Waals surface area contributed by atoms with Crippen molar-refractivity contribution in [2.24, 2.45) is 0 Å². The van der Waals surface area contributed by atoms with Gasteiger partial charge in [-0.05, 0) is 145 Å². The number of aromatic nitrogens is 6. The summed E-state index contributed by atoms with van der Waals surface area (Å²) >= 11 is 0. The van der Waals surface area contributed by atoms with Crippen molar-refractivity contribution in [3.63, 3.8) is 0 Å². The third kappa shape index (κ3) is 10.3. The molecule has 0 bridgehead atoms. The summed E-state index contributed by atoms with van der Waals surface area (Å²) in [5.41, 5.74) is 13.8. The van der Waals surface area contributed by atoms with Crippen LogP contribution in [0.25, 0.3) is 198 Å². The molecule has 0 aliphatic heterocycles. The third-order valence-electron chi connectivity index (χ3n) is 19.8. The Balaban J connectivity index is 0.000000139. The normalized spacial score (nSPS) is 11.6. The molecule has 0 fully saturated rings. The highest BCUT2D eigenvalue weighted by molar-refractivity contribution is 6.18. The molecule has 464 valence electrons. The maximum Gasteiger partial charge on any atom is 0.160 e. The molecule has 4 heterocycles. The van der Waals surface area contributed by atoms with E-state index in [9.17, 15) is 0 Å². The van der Waals surface area contributed by atoms with Crippen LogP contribution in [0.4, 0.5) is 0 Å². The van der Waals surface area contributed by atoms with E-state index in [1.54, 1.807) is 0 Å². The summed E-state index contributed by atoms with van der Waals surface area (Å²) in [6.07, 6.45) is 3.82. The van der Waals surface area contributed by atoms with Gasteiger partial charge in [-0.25, -0.2) is 19.9 Å². The van der Waals surface area contributed by atoms with Crippen LogP contribution in [0.5, 0.6) is 0 Å². The van der Waals surface area contributed by atoms with Gasteiger partial charge in [0, 0.05) is 67.7 Å². The monoisotopic (exact) mass is 1270 g/mol. The molecule has 0 amide bonds. The van der Waals surface area contributed by atoms with Crippen LogP contribution in [-0.4, -0.2) is 29.9 Å². The molecule has 0 unspecified atom stereocenters. The van der Waals surface area contributed by atoms with E-state index in [4.69, 9.17) is 29.9 Å². The van der Waals surface area contributed by atoms with Crippen LogP contribution in [0.15, 0.2) is 352 Å². The highest BCUT2D eigenvalue weighted by Crippen LogP contribution is 2.43. The van der Waals surface area contributed by atoms with Crippen LogP contribution in [-0.2, 0) is 0 Å². The average molecular weight is 1270 g/mol. The van der Waals surface area contributed by atoms with E-state index in [-0.39, 0.29) is 0 Å². The largest absolute Gasteiger partial charge is 0.256 e. The molecule has 6 nitrogen and oxygen atoms in total. The van der Waals surface area contributed by atoms with Gasteiger partial charge in [-0.15, -0.1) is 0 Å². The first-order chi connectivity index (χ1) is 49.5. The summed E-state index contributed by atoms with van der Waals surface area (Å²) in [6.45, 7) is 0. The van der Waals surface area contributed by atoms with E-state index in [2.05, 4.69) is 334 Å². The molecule has 4 aromatic heterocycles. The van der Waals surface area contributed by atoms with E-state index < -0.39 is 0 Å². The van der Waals surface area contributed by atoms with Crippen LogP contribution in [0.3, 0.4) is 0 Å². The minimum absolute atomic E-state index is 0.685. The second kappa shape index (κ2) is 24.3. The molecule has 0 N–H and O–H groups in total. The molecule has 20 aromatic rings. The van der Waals surface area contributed by atoms with Gasteiger partial charge >= 0.3 is 0 Å². The van der Waals surface area contributed by atoms with Crippen LogP contribution in [0, 0.1) is 0 Å². The Kier molecular flexibility index (Phi) is 14.1. The van der Waals surface area contributed by atoms with Crippen molar-refractivity contribution >= 4 is 108 Å². The summed E-state index contributed by atoms with van der Waals surface area (Å²) in [6, 6.07) is 120. The van der Waals surface area contributed by atoms with E-state index >= 15 is 0 Å². The standard InChI is InChI=1S/2C47H29N3/c1-6-16-37-30(11-1)25-26-48-46(37)31-21-23-32(24-22-31)47-49-44(42-27-33-12-2-4-14-35(33)38-17-7-9-19-40(38)42)29-45(50-47)43-28-34-13-3-5-15-36(34)39-18-8-10-20-41(39)43;1-2-14-35-29-48-44(27-32(35)11-1)30-21-23-31(24-22-30)47-49-45(42-25-33-12-3-5-15-36(33)38-17-7-9-19-40(38)42)28-46(50-47)43-26-34-13-4-6-16-37(34)39-18-8-10-20-41(39)43/h2*1-29H. The van der Waals surface area contributed by atoms with Gasteiger partial charge in [0.2, 0.25) is 0 Å². The Hall–Kier alpha value is -13.4. The summed E-state index contributed by atoms with van der Waals surface area (Å²) in [5, 5.41) is 23.8. The van der Waals surface area contributed by atoms with Gasteiger partial charge in [0.05, 0.1) is 34.2 Å². The summed E-state index contributed by atoms with van der Waals surface area (Å²) in [5.74, 6) is 1.37. The number of benzene rings is 16. The SMILES string of the molecule is c1ccc2c(-c3ccc(-c4nc(-c5cc6ccccc6c6ccccc56)cc(-c5cc6ccccc6c6ccccc56)n4)cc3)nccc2c1.c1ccc2cc(-c3ccc(-c4nc(-c5cc6ccccc6c6ccccc56)cc(-c5cc6ccccc6c6ccccc56)n4)cc3)ncc2c1. The predicted octanol–water partition coefficient (Wildman–Crippen LogP) is 24.6. The summed E-state index contributed by atoms with van der Waals surface area (Å²) < 4.78 is 0. The summed E-state index contributed by atoms with van der Waals surface area (Å²) in [7, 11) is 0. The van der Waals surface area contributed by atoms with Gasteiger partial charge in [0.25, 0.3) is 0 Å². The van der Waals surface area contributed by atoms with Gasteiger partial charge in [0.1, 0.15) is 0 Å². The zero-order valence-electron chi connectivity index (χ0n) is 54.2. The molecule has 0 saturated heterocycles. The summed E-state index contributed by atoms with van der Waals surface area (Å²) in [4.78, 5) is 30.8. The van der Waals surface area contributed by atoms with Gasteiger partial charge in [-0.1, -0.05) is 291 Å². The predicted molar refractivity (Wildman–Crippen MR) is 418 cm³/mol. The Bertz CT molecular complexity index is 6370. The lowest BCUT2D eigenvalue weighted by Crippen LogP contribution is -1.97. The lowest BCUT2D eigenvalue weighted by atomic mass is 9.93. The van der Waals surface area contributed by atoms with Crippen molar-refractivity contribution in [2.45, 2.75) is 0 Å². The first kappa shape index (κ1) is 58.0. The van der Waals surface area contributed by atoms with Crippen molar-refractivity contribution in [2.75, 3.05) is 0 Å². The number of fused-ring (bicyclic) bond motifs is 14. The average Bonchev–Trinajstić information content (AvgIpc) is 0.763. The van der Waals surface area contributed by atoms with Gasteiger partial charge in [0.15, 0.2) is 11.6 Å². The van der Waals surface area contributed by atoms with Crippen LogP contribution >= 0.6 is 0 Å². The van der Waals surface area contributed by atoms with Gasteiger partial charge in [-0.3, -0.25) is 9.97 Å². The molecular formula is C94H58N6. The highest BCUT2D eigenvalue weighted by atomic mass is 14.9. The maximum absolute atomic E-state index is 5.32. The second-order valence-corrected chi connectivity index (χ2v) is 25.6. The number of rotatable bonds is 8. The Morgan fingerprint density at radius 1 is 0.170 bits per heavy atom. The molecular weight excluding hydrogens is 1210 g/mol. The van der Waals surface area contributed by atoms with Crippen molar-refractivity contribution in [3.05, 3.63) is 352 Å². The number of hydrogen-bond acceptors (Lipinski definition) is 6. The van der Waals surface area contributed by atoms with Crippen LogP contribution in [0.1, 0.15) is 0 Å².